The Morgan fingerprint density at radius 1 is 1.05 bits per heavy atom. The maximum absolute atomic E-state index is 11.3. The lowest BCUT2D eigenvalue weighted by atomic mass is 10.1. The van der Waals surface area contributed by atoms with E-state index < -0.39 is 36.4 Å². The second-order valence-electron chi connectivity index (χ2n) is 4.18. The van der Waals surface area contributed by atoms with Gasteiger partial charge in [-0.05, 0) is 26.7 Å². The summed E-state index contributed by atoms with van der Waals surface area (Å²) in [6.45, 7) is 3.59. The molecular formula is C12H20O7. The zero-order valence-electron chi connectivity index (χ0n) is 11.1. The predicted molar refractivity (Wildman–Crippen MR) is 63.2 cm³/mol. The van der Waals surface area contributed by atoms with Crippen LogP contribution in [0.15, 0.2) is 0 Å². The molecule has 1 fully saturated rings. The molecule has 0 bridgehead atoms. The Morgan fingerprint density at radius 3 is 1.74 bits per heavy atom. The molecule has 0 saturated carbocycles. The average Bonchev–Trinajstić information content (AvgIpc) is 2.87. The molecule has 4 atom stereocenters. The van der Waals surface area contributed by atoms with Crippen molar-refractivity contribution >= 4 is 11.9 Å². The van der Waals surface area contributed by atoms with Gasteiger partial charge in [0.15, 0.2) is 12.2 Å². The first-order valence-electron chi connectivity index (χ1n) is 6.36. The van der Waals surface area contributed by atoms with Gasteiger partial charge in [-0.1, -0.05) is 0 Å². The van der Waals surface area contributed by atoms with Crippen molar-refractivity contribution in [1.29, 1.82) is 0 Å². The number of carbonyl (C=O) groups is 2. The lowest BCUT2D eigenvalue weighted by Gasteiger charge is -2.20. The molecule has 1 rings (SSSR count). The Balaban J connectivity index is 2.49. The van der Waals surface area contributed by atoms with Crippen molar-refractivity contribution in [2.24, 2.45) is 0 Å². The number of rotatable bonds is 6. The maximum atomic E-state index is 11.3. The third-order valence-corrected chi connectivity index (χ3v) is 2.85. The van der Waals surface area contributed by atoms with Crippen molar-refractivity contribution in [1.82, 2.24) is 0 Å². The van der Waals surface area contributed by atoms with Crippen LogP contribution in [0, 0.1) is 0 Å². The molecule has 110 valence electrons. The van der Waals surface area contributed by atoms with Crippen LogP contribution in [0.1, 0.15) is 26.7 Å². The molecule has 1 heterocycles. The van der Waals surface area contributed by atoms with E-state index in [0.29, 0.717) is 12.8 Å². The normalized spacial score (nSPS) is 25.7. The summed E-state index contributed by atoms with van der Waals surface area (Å²) >= 11 is 0. The van der Waals surface area contributed by atoms with Gasteiger partial charge < -0.3 is 24.4 Å². The summed E-state index contributed by atoms with van der Waals surface area (Å²) < 4.78 is 14.7. The van der Waals surface area contributed by atoms with Crippen LogP contribution in [-0.2, 0) is 23.8 Å². The third-order valence-electron chi connectivity index (χ3n) is 2.85. The molecule has 1 saturated heterocycles. The summed E-state index contributed by atoms with van der Waals surface area (Å²) in [6.07, 6.45) is -3.62. The van der Waals surface area contributed by atoms with Crippen molar-refractivity contribution in [3.05, 3.63) is 0 Å². The standard InChI is InChI=1S/C12H20O7/c1-3-17-11(15)9(13)7-5-6-8(19-7)10(14)12(16)18-4-2/h7-10,13-14H,3-6H2,1-2H3/t7-,8+,9+,10-. The van der Waals surface area contributed by atoms with Crippen LogP contribution in [0.25, 0.3) is 0 Å². The Morgan fingerprint density at radius 2 is 1.42 bits per heavy atom. The van der Waals surface area contributed by atoms with E-state index in [2.05, 4.69) is 9.47 Å². The fraction of sp³-hybridized carbons (Fsp3) is 0.833. The monoisotopic (exact) mass is 276 g/mol. The quantitative estimate of drug-likeness (QED) is 0.623. The van der Waals surface area contributed by atoms with E-state index in [1.807, 2.05) is 0 Å². The smallest absolute Gasteiger partial charge is 0.337 e. The molecule has 0 unspecified atom stereocenters. The number of hydrogen-bond acceptors (Lipinski definition) is 7. The van der Waals surface area contributed by atoms with E-state index in [-0.39, 0.29) is 13.2 Å². The van der Waals surface area contributed by atoms with Crippen molar-refractivity contribution in [3.8, 4) is 0 Å². The number of aliphatic hydroxyl groups is 2. The minimum atomic E-state index is -1.40. The van der Waals surface area contributed by atoms with Gasteiger partial charge in [-0.2, -0.15) is 0 Å². The molecule has 19 heavy (non-hydrogen) atoms. The minimum absolute atomic E-state index is 0.164. The zero-order chi connectivity index (χ0) is 14.4. The lowest BCUT2D eigenvalue weighted by molar-refractivity contribution is -0.169. The molecule has 7 nitrogen and oxygen atoms in total. The molecule has 0 aromatic rings. The Kier molecular flexibility index (Phi) is 6.20. The van der Waals surface area contributed by atoms with Crippen LogP contribution in [0.4, 0.5) is 0 Å². The molecule has 0 radical (unpaired) electrons. The summed E-state index contributed by atoms with van der Waals surface area (Å²) in [5, 5.41) is 19.4. The second-order valence-corrected chi connectivity index (χ2v) is 4.18. The SMILES string of the molecule is CCOC(=O)[C@@H](O)[C@H]1CC[C@@H]([C@@H](O)C(=O)OCC)O1. The second kappa shape index (κ2) is 7.42. The molecule has 0 amide bonds. The number of carbonyl (C=O) groups excluding carboxylic acids is 2. The number of aliphatic hydroxyl groups excluding tert-OH is 2. The van der Waals surface area contributed by atoms with Gasteiger partial charge in [0.25, 0.3) is 0 Å². The Bertz CT molecular complexity index is 287. The van der Waals surface area contributed by atoms with Gasteiger partial charge in [0.2, 0.25) is 0 Å². The van der Waals surface area contributed by atoms with Crippen molar-refractivity contribution in [3.63, 3.8) is 0 Å². The summed E-state index contributed by atoms with van der Waals surface area (Å²) in [7, 11) is 0. The zero-order valence-corrected chi connectivity index (χ0v) is 11.1. The Hall–Kier alpha value is -1.18. The van der Waals surface area contributed by atoms with Crippen LogP contribution in [0.3, 0.4) is 0 Å². The predicted octanol–water partition coefficient (Wildman–Crippen LogP) is -0.618. The largest absolute Gasteiger partial charge is 0.464 e. The molecule has 0 aliphatic carbocycles. The van der Waals surface area contributed by atoms with Gasteiger partial charge in [0, 0.05) is 0 Å². The highest BCUT2D eigenvalue weighted by Gasteiger charge is 2.40. The van der Waals surface area contributed by atoms with E-state index in [0.717, 1.165) is 0 Å². The van der Waals surface area contributed by atoms with Gasteiger partial charge in [-0.3, -0.25) is 0 Å². The summed E-state index contributed by atoms with van der Waals surface area (Å²) in [6, 6.07) is 0. The van der Waals surface area contributed by atoms with Crippen molar-refractivity contribution < 1.29 is 34.0 Å². The summed E-state index contributed by atoms with van der Waals surface area (Å²) in [5.41, 5.74) is 0. The minimum Gasteiger partial charge on any atom is -0.464 e. The van der Waals surface area contributed by atoms with Crippen LogP contribution in [0.2, 0.25) is 0 Å². The third kappa shape index (κ3) is 4.15. The van der Waals surface area contributed by atoms with E-state index >= 15 is 0 Å². The highest BCUT2D eigenvalue weighted by Crippen LogP contribution is 2.25. The lowest BCUT2D eigenvalue weighted by Crippen LogP contribution is -2.39. The number of esters is 2. The van der Waals surface area contributed by atoms with Crippen LogP contribution >= 0.6 is 0 Å². The highest BCUT2D eigenvalue weighted by molar-refractivity contribution is 5.76. The number of hydrogen-bond donors (Lipinski definition) is 2. The molecule has 0 aromatic heterocycles. The molecule has 0 spiro atoms. The molecule has 2 N–H and O–H groups in total. The van der Waals surface area contributed by atoms with Crippen LogP contribution < -0.4 is 0 Å². The van der Waals surface area contributed by atoms with Crippen LogP contribution in [-0.4, -0.2) is 59.8 Å². The van der Waals surface area contributed by atoms with Gasteiger partial charge in [0.05, 0.1) is 25.4 Å². The van der Waals surface area contributed by atoms with Gasteiger partial charge in [-0.15, -0.1) is 0 Å². The topological polar surface area (TPSA) is 102 Å². The molecular weight excluding hydrogens is 256 g/mol. The van der Waals surface area contributed by atoms with Gasteiger partial charge in [-0.25, -0.2) is 9.59 Å². The molecule has 7 heteroatoms. The van der Waals surface area contributed by atoms with Gasteiger partial charge >= 0.3 is 11.9 Å². The van der Waals surface area contributed by atoms with Crippen LogP contribution in [0.5, 0.6) is 0 Å². The number of ether oxygens (including phenoxy) is 3. The van der Waals surface area contributed by atoms with Gasteiger partial charge in [0.1, 0.15) is 0 Å². The molecule has 0 aromatic carbocycles. The van der Waals surface area contributed by atoms with E-state index in [1.165, 1.54) is 0 Å². The average molecular weight is 276 g/mol. The first-order chi connectivity index (χ1) is 9.01. The first-order valence-corrected chi connectivity index (χ1v) is 6.36. The summed E-state index contributed by atoms with van der Waals surface area (Å²) in [4.78, 5) is 22.7. The van der Waals surface area contributed by atoms with Crippen molar-refractivity contribution in [2.75, 3.05) is 13.2 Å². The maximum Gasteiger partial charge on any atom is 0.337 e. The first kappa shape index (κ1) is 15.9. The van der Waals surface area contributed by atoms with E-state index in [1.54, 1.807) is 13.8 Å². The fourth-order valence-electron chi connectivity index (χ4n) is 1.91. The molecule has 1 aliphatic heterocycles. The van der Waals surface area contributed by atoms with E-state index in [4.69, 9.17) is 4.74 Å². The van der Waals surface area contributed by atoms with E-state index in [9.17, 15) is 19.8 Å². The molecule has 1 aliphatic rings. The highest BCUT2D eigenvalue weighted by atomic mass is 16.6. The fourth-order valence-corrected chi connectivity index (χ4v) is 1.91. The summed E-state index contributed by atoms with van der Waals surface area (Å²) in [5.74, 6) is -1.53. The Labute approximate surface area is 111 Å². The van der Waals surface area contributed by atoms with Crippen molar-refractivity contribution in [2.45, 2.75) is 51.1 Å².